The number of rotatable bonds is 4. The predicted molar refractivity (Wildman–Crippen MR) is 89.6 cm³/mol. The van der Waals surface area contributed by atoms with Gasteiger partial charge in [-0.3, -0.25) is 0 Å². The van der Waals surface area contributed by atoms with Gasteiger partial charge >= 0.3 is 5.97 Å². The first-order chi connectivity index (χ1) is 11.2. The van der Waals surface area contributed by atoms with E-state index in [4.69, 9.17) is 10.5 Å². The molecule has 1 heterocycles. The zero-order valence-electron chi connectivity index (χ0n) is 12.6. The largest absolute Gasteiger partial charge is 0.461 e. The lowest BCUT2D eigenvalue weighted by Gasteiger charge is -2.11. The van der Waals surface area contributed by atoms with Crippen molar-refractivity contribution in [2.75, 3.05) is 17.7 Å². The number of esters is 1. The molecule has 0 aliphatic rings. The van der Waals surface area contributed by atoms with Crippen molar-refractivity contribution < 1.29 is 9.53 Å². The maximum Gasteiger partial charge on any atom is 0.360 e. The molecule has 0 amide bonds. The number of ether oxygens (including phenoxy) is 1. The Morgan fingerprint density at radius 2 is 1.74 bits per heavy atom. The molecule has 23 heavy (non-hydrogen) atoms. The van der Waals surface area contributed by atoms with Gasteiger partial charge in [-0.15, -0.1) is 0 Å². The van der Waals surface area contributed by atoms with Crippen LogP contribution in [0.1, 0.15) is 17.4 Å². The van der Waals surface area contributed by atoms with E-state index < -0.39 is 5.97 Å². The molecule has 3 aromatic rings. The monoisotopic (exact) mass is 308 g/mol. The molecule has 1 aromatic heterocycles. The maximum absolute atomic E-state index is 12.2. The van der Waals surface area contributed by atoms with Crippen LogP contribution in [-0.2, 0) is 4.74 Å². The average molecular weight is 308 g/mol. The van der Waals surface area contributed by atoms with Gasteiger partial charge in [0, 0.05) is 11.4 Å². The van der Waals surface area contributed by atoms with E-state index in [2.05, 4.69) is 15.3 Å². The highest BCUT2D eigenvalue weighted by Gasteiger charge is 2.17. The molecule has 0 unspecified atom stereocenters. The smallest absolute Gasteiger partial charge is 0.360 e. The normalized spacial score (nSPS) is 10.5. The first-order valence-electron chi connectivity index (χ1n) is 7.24. The molecule has 3 rings (SSSR count). The Morgan fingerprint density at radius 3 is 2.39 bits per heavy atom. The fraction of sp³-hybridized carbons (Fsp3) is 0.118. The molecule has 0 aliphatic carbocycles. The van der Waals surface area contributed by atoms with Crippen molar-refractivity contribution >= 4 is 34.2 Å². The fourth-order valence-corrected chi connectivity index (χ4v) is 2.13. The third-order valence-corrected chi connectivity index (χ3v) is 3.21. The van der Waals surface area contributed by atoms with Crippen molar-refractivity contribution in [1.82, 2.24) is 9.97 Å². The third kappa shape index (κ3) is 3.21. The van der Waals surface area contributed by atoms with Crippen LogP contribution in [0.2, 0.25) is 0 Å². The number of carbonyl (C=O) groups is 1. The SMILES string of the molecule is CCOC(=O)c1nc2ccccc2nc1Nc1ccc(N)cc1. The van der Waals surface area contributed by atoms with Gasteiger partial charge in [-0.1, -0.05) is 12.1 Å². The molecule has 0 spiro atoms. The second kappa shape index (κ2) is 6.31. The molecule has 0 saturated heterocycles. The summed E-state index contributed by atoms with van der Waals surface area (Å²) in [5.41, 5.74) is 8.58. The van der Waals surface area contributed by atoms with Crippen LogP contribution in [-0.4, -0.2) is 22.5 Å². The van der Waals surface area contributed by atoms with Crippen molar-refractivity contribution in [2.45, 2.75) is 6.92 Å². The molecule has 2 aromatic carbocycles. The molecule has 0 atom stereocenters. The number of nitrogens with one attached hydrogen (secondary N) is 1. The molecule has 6 nitrogen and oxygen atoms in total. The van der Waals surface area contributed by atoms with Crippen LogP contribution < -0.4 is 11.1 Å². The number of nitrogen functional groups attached to an aromatic ring is 1. The van der Waals surface area contributed by atoms with E-state index in [0.29, 0.717) is 22.5 Å². The van der Waals surface area contributed by atoms with E-state index in [9.17, 15) is 4.79 Å². The summed E-state index contributed by atoms with van der Waals surface area (Å²) in [6.45, 7) is 2.02. The molecule has 116 valence electrons. The Balaban J connectivity index is 2.06. The number of para-hydroxylation sites is 2. The molecule has 0 radical (unpaired) electrons. The van der Waals surface area contributed by atoms with Crippen molar-refractivity contribution in [2.24, 2.45) is 0 Å². The van der Waals surface area contributed by atoms with E-state index in [1.54, 1.807) is 37.3 Å². The van der Waals surface area contributed by atoms with E-state index >= 15 is 0 Å². The number of benzene rings is 2. The van der Waals surface area contributed by atoms with Gasteiger partial charge in [0.05, 0.1) is 17.6 Å². The van der Waals surface area contributed by atoms with Gasteiger partial charge in [0.15, 0.2) is 11.5 Å². The van der Waals surface area contributed by atoms with Gasteiger partial charge in [-0.25, -0.2) is 14.8 Å². The Hall–Kier alpha value is -3.15. The zero-order valence-corrected chi connectivity index (χ0v) is 12.6. The number of nitrogens with zero attached hydrogens (tertiary/aromatic N) is 2. The van der Waals surface area contributed by atoms with Crippen LogP contribution >= 0.6 is 0 Å². The molecular weight excluding hydrogens is 292 g/mol. The first kappa shape index (κ1) is 14.8. The lowest BCUT2D eigenvalue weighted by atomic mass is 10.2. The summed E-state index contributed by atoms with van der Waals surface area (Å²) in [4.78, 5) is 21.0. The molecule has 0 saturated carbocycles. The molecule has 0 aliphatic heterocycles. The summed E-state index contributed by atoms with van der Waals surface area (Å²) >= 11 is 0. The number of nitrogens with two attached hydrogens (primary N) is 1. The zero-order chi connectivity index (χ0) is 16.2. The van der Waals surface area contributed by atoms with E-state index in [-0.39, 0.29) is 12.3 Å². The van der Waals surface area contributed by atoms with Crippen molar-refractivity contribution in [3.8, 4) is 0 Å². The Morgan fingerprint density at radius 1 is 1.09 bits per heavy atom. The Kier molecular flexibility index (Phi) is 4.05. The Labute approximate surface area is 133 Å². The van der Waals surface area contributed by atoms with E-state index in [1.165, 1.54) is 0 Å². The Bertz CT molecular complexity index is 847. The van der Waals surface area contributed by atoms with Crippen molar-refractivity contribution in [1.29, 1.82) is 0 Å². The minimum absolute atomic E-state index is 0.155. The van der Waals surface area contributed by atoms with Crippen LogP contribution in [0.25, 0.3) is 11.0 Å². The van der Waals surface area contributed by atoms with Crippen LogP contribution in [0.4, 0.5) is 17.2 Å². The lowest BCUT2D eigenvalue weighted by molar-refractivity contribution is 0.0521. The van der Waals surface area contributed by atoms with Crippen LogP contribution in [0.15, 0.2) is 48.5 Å². The summed E-state index contributed by atoms with van der Waals surface area (Å²) in [5.74, 6) is -0.157. The number of aromatic nitrogens is 2. The maximum atomic E-state index is 12.2. The van der Waals surface area contributed by atoms with E-state index in [1.807, 2.05) is 18.2 Å². The quantitative estimate of drug-likeness (QED) is 0.568. The summed E-state index contributed by atoms with van der Waals surface area (Å²) < 4.78 is 5.07. The minimum atomic E-state index is -0.510. The molecule has 0 fully saturated rings. The van der Waals surface area contributed by atoms with Crippen LogP contribution in [0, 0.1) is 0 Å². The van der Waals surface area contributed by atoms with Gasteiger partial charge in [0.1, 0.15) is 0 Å². The highest BCUT2D eigenvalue weighted by Crippen LogP contribution is 2.22. The number of hydrogen-bond donors (Lipinski definition) is 2. The predicted octanol–water partition coefficient (Wildman–Crippen LogP) is 3.13. The summed E-state index contributed by atoms with van der Waals surface area (Å²) in [6.07, 6.45) is 0. The summed E-state index contributed by atoms with van der Waals surface area (Å²) in [6, 6.07) is 14.5. The molecule has 3 N–H and O–H groups in total. The van der Waals surface area contributed by atoms with Gasteiger partial charge in [-0.05, 0) is 43.3 Å². The third-order valence-electron chi connectivity index (χ3n) is 3.21. The molecule has 6 heteroatoms. The van der Waals surface area contributed by atoms with E-state index in [0.717, 1.165) is 5.69 Å². The van der Waals surface area contributed by atoms with Gasteiger partial charge in [0.25, 0.3) is 0 Å². The first-order valence-corrected chi connectivity index (χ1v) is 7.24. The van der Waals surface area contributed by atoms with Gasteiger partial charge in [-0.2, -0.15) is 0 Å². The van der Waals surface area contributed by atoms with Gasteiger partial charge < -0.3 is 15.8 Å². The second-order valence-corrected chi connectivity index (χ2v) is 4.88. The number of carbonyl (C=O) groups excluding carboxylic acids is 1. The van der Waals surface area contributed by atoms with Crippen LogP contribution in [0.5, 0.6) is 0 Å². The van der Waals surface area contributed by atoms with Crippen LogP contribution in [0.3, 0.4) is 0 Å². The highest BCUT2D eigenvalue weighted by atomic mass is 16.5. The standard InChI is InChI=1S/C17H16N4O2/c1-2-23-17(22)15-16(19-12-9-7-11(18)8-10-12)21-14-6-4-3-5-13(14)20-15/h3-10H,2,18H2,1H3,(H,19,21). The van der Waals surface area contributed by atoms with Gasteiger partial charge in [0.2, 0.25) is 0 Å². The average Bonchev–Trinajstić information content (AvgIpc) is 2.56. The summed E-state index contributed by atoms with van der Waals surface area (Å²) in [7, 11) is 0. The lowest BCUT2D eigenvalue weighted by Crippen LogP contribution is -2.12. The molecular formula is C17H16N4O2. The topological polar surface area (TPSA) is 90.1 Å². The fourth-order valence-electron chi connectivity index (χ4n) is 2.13. The minimum Gasteiger partial charge on any atom is -0.461 e. The summed E-state index contributed by atoms with van der Waals surface area (Å²) in [5, 5.41) is 3.10. The van der Waals surface area contributed by atoms with Crippen molar-refractivity contribution in [3.05, 3.63) is 54.2 Å². The molecule has 0 bridgehead atoms. The highest BCUT2D eigenvalue weighted by molar-refractivity contribution is 5.96. The van der Waals surface area contributed by atoms with Crippen molar-refractivity contribution in [3.63, 3.8) is 0 Å². The number of fused-ring (bicyclic) bond motifs is 1. The second-order valence-electron chi connectivity index (χ2n) is 4.88. The number of hydrogen-bond acceptors (Lipinski definition) is 6. The number of anilines is 3.